The molecule has 0 radical (unpaired) electrons. The second-order valence-electron chi connectivity index (χ2n) is 7.00. The molecule has 0 fully saturated rings. The number of ether oxygens (including phenoxy) is 1. The van der Waals surface area contributed by atoms with Gasteiger partial charge < -0.3 is 14.9 Å². The standard InChI is InChI=1S/C22H23N3O6S2/c1-31-18-7-3-15(4-8-18)16-5-9-19(10-6-16)33(29,30)25-20(21(27)28)13-17(26)14-32-22-23-11-2-12-24-22/h2-12,17,20,25-26H,13-14H2,1H3,(H,27,28). The number of hydrogen-bond donors (Lipinski definition) is 3. The third-order valence-electron chi connectivity index (χ3n) is 4.64. The summed E-state index contributed by atoms with van der Waals surface area (Å²) in [7, 11) is -2.55. The van der Waals surface area contributed by atoms with Gasteiger partial charge in [0.15, 0.2) is 5.16 Å². The Morgan fingerprint density at radius 3 is 2.18 bits per heavy atom. The first-order valence-corrected chi connectivity index (χ1v) is 12.3. The van der Waals surface area contributed by atoms with Crippen molar-refractivity contribution in [2.75, 3.05) is 12.9 Å². The summed E-state index contributed by atoms with van der Waals surface area (Å²) in [5, 5.41) is 20.1. The minimum atomic E-state index is -4.12. The highest BCUT2D eigenvalue weighted by Gasteiger charge is 2.28. The van der Waals surface area contributed by atoms with Gasteiger partial charge in [-0.05, 0) is 41.5 Å². The van der Waals surface area contributed by atoms with Gasteiger partial charge in [-0.3, -0.25) is 4.79 Å². The third kappa shape index (κ3) is 6.99. The lowest BCUT2D eigenvalue weighted by Gasteiger charge is -2.18. The van der Waals surface area contributed by atoms with Gasteiger partial charge >= 0.3 is 5.97 Å². The van der Waals surface area contributed by atoms with Crippen LogP contribution in [0.15, 0.2) is 77.0 Å². The van der Waals surface area contributed by atoms with Crippen LogP contribution >= 0.6 is 11.8 Å². The molecular formula is C22H23N3O6S2. The van der Waals surface area contributed by atoms with Crippen molar-refractivity contribution in [3.8, 4) is 16.9 Å². The molecule has 3 N–H and O–H groups in total. The molecule has 0 aliphatic carbocycles. The predicted molar refractivity (Wildman–Crippen MR) is 124 cm³/mol. The van der Waals surface area contributed by atoms with Crippen LogP contribution in [0.1, 0.15) is 6.42 Å². The number of aromatic nitrogens is 2. The number of hydrogen-bond acceptors (Lipinski definition) is 8. The van der Waals surface area contributed by atoms with Gasteiger partial charge in [0.1, 0.15) is 11.8 Å². The highest BCUT2D eigenvalue weighted by Crippen LogP contribution is 2.24. The lowest BCUT2D eigenvalue weighted by Crippen LogP contribution is -2.43. The topological polar surface area (TPSA) is 139 Å². The van der Waals surface area contributed by atoms with Crippen LogP contribution in [0.4, 0.5) is 0 Å². The molecule has 0 aliphatic rings. The lowest BCUT2D eigenvalue weighted by atomic mass is 10.1. The average Bonchev–Trinajstić information content (AvgIpc) is 2.83. The van der Waals surface area contributed by atoms with Gasteiger partial charge in [-0.2, -0.15) is 4.72 Å². The van der Waals surface area contributed by atoms with Crippen LogP contribution in [0.25, 0.3) is 11.1 Å². The summed E-state index contributed by atoms with van der Waals surface area (Å²) < 4.78 is 32.8. The number of sulfonamides is 1. The zero-order valence-corrected chi connectivity index (χ0v) is 19.3. The Morgan fingerprint density at radius 1 is 1.06 bits per heavy atom. The number of nitrogens with one attached hydrogen (secondary N) is 1. The van der Waals surface area contributed by atoms with Gasteiger partial charge in [-0.15, -0.1) is 0 Å². The van der Waals surface area contributed by atoms with Gasteiger partial charge in [-0.1, -0.05) is 36.0 Å². The maximum atomic E-state index is 12.7. The van der Waals surface area contributed by atoms with Crippen molar-refractivity contribution in [2.45, 2.75) is 28.6 Å². The molecule has 9 nitrogen and oxygen atoms in total. The normalized spacial score (nSPS) is 13.3. The van der Waals surface area contributed by atoms with E-state index in [4.69, 9.17) is 4.74 Å². The Morgan fingerprint density at radius 2 is 1.64 bits per heavy atom. The summed E-state index contributed by atoms with van der Waals surface area (Å²) in [5.74, 6) is -0.557. The zero-order chi connectivity index (χ0) is 23.8. The Labute approximate surface area is 195 Å². The van der Waals surface area contributed by atoms with Crippen molar-refractivity contribution in [1.82, 2.24) is 14.7 Å². The molecule has 1 aromatic heterocycles. The maximum Gasteiger partial charge on any atom is 0.321 e. The van der Waals surface area contributed by atoms with E-state index in [1.54, 1.807) is 49.8 Å². The molecule has 3 aromatic rings. The SMILES string of the molecule is COc1ccc(-c2ccc(S(=O)(=O)NC(CC(O)CSc3ncccn3)C(=O)O)cc2)cc1. The molecule has 1 heterocycles. The Bertz CT molecular complexity index is 1160. The fourth-order valence-corrected chi connectivity index (χ4v) is 4.89. The highest BCUT2D eigenvalue weighted by molar-refractivity contribution is 7.99. The first kappa shape index (κ1) is 24.6. The third-order valence-corrected chi connectivity index (χ3v) is 7.15. The molecule has 174 valence electrons. The average molecular weight is 490 g/mol. The molecule has 3 rings (SSSR count). The van der Waals surface area contributed by atoms with Crippen LogP contribution in [-0.4, -0.2) is 59.6 Å². The fraction of sp³-hybridized carbons (Fsp3) is 0.227. The maximum absolute atomic E-state index is 12.7. The molecule has 0 saturated heterocycles. The number of rotatable bonds is 11. The highest BCUT2D eigenvalue weighted by atomic mass is 32.2. The van der Waals surface area contributed by atoms with Crippen LogP contribution in [0, 0.1) is 0 Å². The number of thioether (sulfide) groups is 1. The lowest BCUT2D eigenvalue weighted by molar-refractivity contribution is -0.139. The number of methoxy groups -OCH3 is 1. The number of carboxylic acids is 1. The summed E-state index contributed by atoms with van der Waals surface area (Å²) in [6.07, 6.45) is 1.71. The molecule has 0 aliphatic heterocycles. The number of aliphatic hydroxyl groups excluding tert-OH is 1. The Hall–Kier alpha value is -2.99. The first-order valence-electron chi connectivity index (χ1n) is 9.86. The van der Waals surface area contributed by atoms with Crippen molar-refractivity contribution in [2.24, 2.45) is 0 Å². The zero-order valence-electron chi connectivity index (χ0n) is 17.7. The Kier molecular flexibility index (Phi) is 8.39. The summed E-state index contributed by atoms with van der Waals surface area (Å²) in [6, 6.07) is 13.5. The molecule has 0 saturated carbocycles. The number of aliphatic carboxylic acids is 1. The van der Waals surface area contributed by atoms with E-state index in [0.29, 0.717) is 10.9 Å². The number of nitrogens with zero attached hydrogens (tertiary/aromatic N) is 2. The van der Waals surface area contributed by atoms with Gasteiger partial charge in [0, 0.05) is 24.6 Å². The number of carbonyl (C=O) groups is 1. The Balaban J connectivity index is 1.65. The van der Waals surface area contributed by atoms with E-state index >= 15 is 0 Å². The van der Waals surface area contributed by atoms with Crippen molar-refractivity contribution in [3.63, 3.8) is 0 Å². The largest absolute Gasteiger partial charge is 0.497 e. The summed E-state index contributed by atoms with van der Waals surface area (Å²) in [5.41, 5.74) is 1.67. The molecule has 0 spiro atoms. The summed E-state index contributed by atoms with van der Waals surface area (Å²) >= 11 is 1.15. The molecule has 2 aromatic carbocycles. The van der Waals surface area contributed by atoms with Crippen molar-refractivity contribution >= 4 is 27.8 Å². The summed E-state index contributed by atoms with van der Waals surface area (Å²) in [4.78, 5) is 19.6. The van der Waals surface area contributed by atoms with E-state index in [0.717, 1.165) is 22.9 Å². The minimum absolute atomic E-state index is 0.0763. The molecule has 11 heteroatoms. The quantitative estimate of drug-likeness (QED) is 0.274. The number of aliphatic hydroxyl groups is 1. The monoisotopic (exact) mass is 489 g/mol. The van der Waals surface area contributed by atoms with Gasteiger partial charge in [0.25, 0.3) is 0 Å². The van der Waals surface area contributed by atoms with Gasteiger partial charge in [0.2, 0.25) is 10.0 Å². The second-order valence-corrected chi connectivity index (χ2v) is 9.70. The molecular weight excluding hydrogens is 466 g/mol. The minimum Gasteiger partial charge on any atom is -0.497 e. The van der Waals surface area contributed by atoms with E-state index in [2.05, 4.69) is 14.7 Å². The second kappa shape index (κ2) is 11.2. The van der Waals surface area contributed by atoms with E-state index in [-0.39, 0.29) is 17.1 Å². The van der Waals surface area contributed by atoms with E-state index in [1.165, 1.54) is 12.1 Å². The van der Waals surface area contributed by atoms with E-state index in [9.17, 15) is 23.4 Å². The predicted octanol–water partition coefficient (Wildman–Crippen LogP) is 2.43. The van der Waals surface area contributed by atoms with Crippen molar-refractivity contribution < 1.29 is 28.2 Å². The van der Waals surface area contributed by atoms with E-state index in [1.807, 2.05) is 12.1 Å². The first-order chi connectivity index (χ1) is 15.8. The van der Waals surface area contributed by atoms with Crippen LogP contribution in [0.3, 0.4) is 0 Å². The fourth-order valence-electron chi connectivity index (χ4n) is 2.94. The number of benzene rings is 2. The van der Waals surface area contributed by atoms with Crippen LogP contribution in [0.2, 0.25) is 0 Å². The molecule has 2 atom stereocenters. The number of carboxylic acid groups (broad SMARTS) is 1. The summed E-state index contributed by atoms with van der Waals surface area (Å²) in [6.45, 7) is 0. The van der Waals surface area contributed by atoms with Crippen LogP contribution in [-0.2, 0) is 14.8 Å². The van der Waals surface area contributed by atoms with Crippen LogP contribution < -0.4 is 9.46 Å². The van der Waals surface area contributed by atoms with Gasteiger partial charge in [0.05, 0.1) is 18.1 Å². The van der Waals surface area contributed by atoms with E-state index < -0.39 is 28.1 Å². The molecule has 0 bridgehead atoms. The van der Waals surface area contributed by atoms with Crippen molar-refractivity contribution in [1.29, 1.82) is 0 Å². The smallest absolute Gasteiger partial charge is 0.321 e. The molecule has 33 heavy (non-hydrogen) atoms. The van der Waals surface area contributed by atoms with Crippen LogP contribution in [0.5, 0.6) is 5.75 Å². The van der Waals surface area contributed by atoms with Gasteiger partial charge in [-0.25, -0.2) is 18.4 Å². The molecule has 0 amide bonds. The molecule has 2 unspecified atom stereocenters. The van der Waals surface area contributed by atoms with Crippen molar-refractivity contribution in [3.05, 3.63) is 67.0 Å².